The number of phenols is 1. The standard InChI is InChI=1S/C21H27N5O4/c1-13-19(16-6-7-17-15(20(16)29)8-11-30-17)24-25-21(22-13)23-14-4-2-9-26(12-14)10-3-5-18(27)28/h6-7,14,29H,2-5,8-12H2,1H3,(H,27,28)(H,22,23,25)/t14-/m1/s1. The number of benzene rings is 1. The Labute approximate surface area is 175 Å². The first-order chi connectivity index (χ1) is 14.5. The second-order valence-corrected chi connectivity index (χ2v) is 7.89. The van der Waals surface area contributed by atoms with Gasteiger partial charge in [-0.3, -0.25) is 4.79 Å². The Balaban J connectivity index is 1.42. The number of aromatic nitrogens is 3. The fourth-order valence-corrected chi connectivity index (χ4v) is 4.18. The molecule has 2 aliphatic rings. The van der Waals surface area contributed by atoms with Crippen molar-refractivity contribution in [1.29, 1.82) is 0 Å². The number of piperidine rings is 1. The minimum atomic E-state index is -0.751. The van der Waals surface area contributed by atoms with Crippen LogP contribution in [-0.2, 0) is 11.2 Å². The van der Waals surface area contributed by atoms with Crippen molar-refractivity contribution in [1.82, 2.24) is 20.1 Å². The minimum Gasteiger partial charge on any atom is -0.507 e. The number of hydrogen-bond acceptors (Lipinski definition) is 8. The quantitative estimate of drug-likeness (QED) is 0.627. The first-order valence-corrected chi connectivity index (χ1v) is 10.4. The van der Waals surface area contributed by atoms with Crippen LogP contribution in [0.25, 0.3) is 11.3 Å². The molecule has 1 fully saturated rings. The summed E-state index contributed by atoms with van der Waals surface area (Å²) >= 11 is 0. The van der Waals surface area contributed by atoms with E-state index < -0.39 is 5.97 Å². The van der Waals surface area contributed by atoms with E-state index in [9.17, 15) is 9.90 Å². The Morgan fingerprint density at radius 2 is 2.23 bits per heavy atom. The number of phenolic OH excluding ortho intramolecular Hbond substituents is 1. The van der Waals surface area contributed by atoms with E-state index in [0.29, 0.717) is 42.3 Å². The molecule has 2 aliphatic heterocycles. The van der Waals surface area contributed by atoms with Crippen molar-refractivity contribution in [2.24, 2.45) is 0 Å². The van der Waals surface area contributed by atoms with Crippen LogP contribution in [0, 0.1) is 6.92 Å². The Hall–Kier alpha value is -2.94. The highest BCUT2D eigenvalue weighted by Crippen LogP contribution is 2.40. The highest BCUT2D eigenvalue weighted by atomic mass is 16.5. The van der Waals surface area contributed by atoms with Crippen LogP contribution in [-0.4, -0.2) is 68.5 Å². The number of fused-ring (bicyclic) bond motifs is 1. The van der Waals surface area contributed by atoms with Crippen molar-refractivity contribution in [2.75, 3.05) is 31.6 Å². The van der Waals surface area contributed by atoms with E-state index in [4.69, 9.17) is 9.84 Å². The van der Waals surface area contributed by atoms with Gasteiger partial charge in [0.25, 0.3) is 0 Å². The second-order valence-electron chi connectivity index (χ2n) is 7.89. The van der Waals surface area contributed by atoms with Crippen molar-refractivity contribution in [3.63, 3.8) is 0 Å². The fourth-order valence-electron chi connectivity index (χ4n) is 4.18. The molecule has 0 amide bonds. The van der Waals surface area contributed by atoms with Gasteiger partial charge < -0.3 is 25.2 Å². The zero-order valence-corrected chi connectivity index (χ0v) is 17.1. The molecule has 9 nitrogen and oxygen atoms in total. The number of rotatable bonds is 7. The van der Waals surface area contributed by atoms with Gasteiger partial charge in [-0.15, -0.1) is 10.2 Å². The summed E-state index contributed by atoms with van der Waals surface area (Å²) < 4.78 is 5.49. The molecule has 1 aromatic heterocycles. The van der Waals surface area contributed by atoms with E-state index in [1.165, 1.54) is 0 Å². The highest BCUT2D eigenvalue weighted by Gasteiger charge is 2.23. The normalized spacial score (nSPS) is 18.6. The molecule has 4 rings (SSSR count). The van der Waals surface area contributed by atoms with Gasteiger partial charge in [0.05, 0.1) is 12.3 Å². The molecule has 9 heteroatoms. The number of nitrogens with one attached hydrogen (secondary N) is 1. The summed E-state index contributed by atoms with van der Waals surface area (Å²) in [5, 5.41) is 31.4. The van der Waals surface area contributed by atoms with Gasteiger partial charge in [0.2, 0.25) is 5.95 Å². The number of carbonyl (C=O) groups is 1. The predicted molar refractivity (Wildman–Crippen MR) is 111 cm³/mol. The van der Waals surface area contributed by atoms with Crippen molar-refractivity contribution >= 4 is 11.9 Å². The number of aromatic hydroxyl groups is 1. The topological polar surface area (TPSA) is 121 Å². The molecule has 0 spiro atoms. The molecule has 0 aliphatic carbocycles. The first kappa shape index (κ1) is 20.3. The van der Waals surface area contributed by atoms with Gasteiger partial charge in [-0.1, -0.05) is 0 Å². The summed E-state index contributed by atoms with van der Waals surface area (Å²) in [6.07, 6.45) is 3.58. The molecular formula is C21H27N5O4. The fraction of sp³-hybridized carbons (Fsp3) is 0.524. The van der Waals surface area contributed by atoms with Crippen LogP contribution >= 0.6 is 0 Å². The molecule has 1 saturated heterocycles. The lowest BCUT2D eigenvalue weighted by Crippen LogP contribution is -2.42. The van der Waals surface area contributed by atoms with Crippen molar-refractivity contribution in [3.05, 3.63) is 23.4 Å². The van der Waals surface area contributed by atoms with E-state index in [2.05, 4.69) is 25.4 Å². The number of carboxylic acid groups (broad SMARTS) is 1. The third-order valence-electron chi connectivity index (χ3n) is 5.67. The SMILES string of the molecule is Cc1nc(N[C@@H]2CCCN(CCCC(=O)O)C2)nnc1-c1ccc2c(c1O)CCO2. The van der Waals surface area contributed by atoms with Gasteiger partial charge in [0, 0.05) is 36.6 Å². The van der Waals surface area contributed by atoms with Crippen molar-refractivity contribution in [2.45, 2.75) is 45.1 Å². The molecule has 0 radical (unpaired) electrons. The lowest BCUT2D eigenvalue weighted by Gasteiger charge is -2.33. The van der Waals surface area contributed by atoms with Crippen LogP contribution in [0.5, 0.6) is 11.5 Å². The van der Waals surface area contributed by atoms with Gasteiger partial charge in [-0.2, -0.15) is 0 Å². The number of aryl methyl sites for hydroxylation is 1. The summed E-state index contributed by atoms with van der Waals surface area (Å²) in [6, 6.07) is 3.84. The summed E-state index contributed by atoms with van der Waals surface area (Å²) in [5.41, 5.74) is 2.68. The van der Waals surface area contributed by atoms with Crippen LogP contribution < -0.4 is 10.1 Å². The lowest BCUT2D eigenvalue weighted by atomic mass is 10.0. The molecule has 2 aromatic rings. The maximum Gasteiger partial charge on any atom is 0.303 e. The van der Waals surface area contributed by atoms with E-state index in [1.807, 2.05) is 13.0 Å². The predicted octanol–water partition coefficient (Wildman–Crippen LogP) is 2.23. The maximum atomic E-state index is 10.7. The highest BCUT2D eigenvalue weighted by molar-refractivity contribution is 5.72. The van der Waals surface area contributed by atoms with Crippen molar-refractivity contribution in [3.8, 4) is 22.8 Å². The molecule has 160 valence electrons. The number of likely N-dealkylation sites (tertiary alicyclic amines) is 1. The van der Waals surface area contributed by atoms with Gasteiger partial charge >= 0.3 is 5.97 Å². The zero-order chi connectivity index (χ0) is 21.1. The largest absolute Gasteiger partial charge is 0.507 e. The van der Waals surface area contributed by atoms with Crippen LogP contribution in [0.15, 0.2) is 12.1 Å². The zero-order valence-electron chi connectivity index (χ0n) is 17.1. The molecule has 30 heavy (non-hydrogen) atoms. The number of hydrogen-bond donors (Lipinski definition) is 3. The molecule has 0 unspecified atom stereocenters. The Bertz CT molecular complexity index is 936. The van der Waals surface area contributed by atoms with E-state index >= 15 is 0 Å². The summed E-state index contributed by atoms with van der Waals surface area (Å²) in [5.74, 6) is 0.629. The van der Waals surface area contributed by atoms with Gasteiger partial charge in [-0.05, 0) is 51.4 Å². The minimum absolute atomic E-state index is 0.189. The molecule has 0 bridgehead atoms. The van der Waals surface area contributed by atoms with E-state index in [1.54, 1.807) is 6.07 Å². The van der Waals surface area contributed by atoms with Crippen LogP contribution in [0.4, 0.5) is 5.95 Å². The molecule has 1 atom stereocenters. The molecular weight excluding hydrogens is 386 g/mol. The lowest BCUT2D eigenvalue weighted by molar-refractivity contribution is -0.137. The Morgan fingerprint density at radius 3 is 3.03 bits per heavy atom. The second kappa shape index (κ2) is 8.83. The smallest absolute Gasteiger partial charge is 0.303 e. The molecule has 1 aromatic carbocycles. The third kappa shape index (κ3) is 4.46. The number of carboxylic acids is 1. The van der Waals surface area contributed by atoms with Gasteiger partial charge in [0.15, 0.2) is 0 Å². The van der Waals surface area contributed by atoms with Gasteiger partial charge in [0.1, 0.15) is 17.2 Å². The average Bonchev–Trinajstić information content (AvgIpc) is 3.19. The number of aliphatic carboxylic acids is 1. The van der Waals surface area contributed by atoms with Gasteiger partial charge in [-0.25, -0.2) is 4.98 Å². The molecule has 0 saturated carbocycles. The van der Waals surface area contributed by atoms with Crippen molar-refractivity contribution < 1.29 is 19.7 Å². The van der Waals surface area contributed by atoms with Crippen LogP contribution in [0.3, 0.4) is 0 Å². The maximum absolute atomic E-state index is 10.7. The summed E-state index contributed by atoms with van der Waals surface area (Å²) in [7, 11) is 0. The van der Waals surface area contributed by atoms with Crippen LogP contribution in [0.1, 0.15) is 36.9 Å². The van der Waals surface area contributed by atoms with E-state index in [0.717, 1.165) is 43.8 Å². The summed E-state index contributed by atoms with van der Waals surface area (Å²) in [6.45, 7) is 5.03. The number of ether oxygens (including phenoxy) is 1. The third-order valence-corrected chi connectivity index (χ3v) is 5.67. The van der Waals surface area contributed by atoms with Crippen LogP contribution in [0.2, 0.25) is 0 Å². The number of anilines is 1. The summed E-state index contributed by atoms with van der Waals surface area (Å²) in [4.78, 5) is 17.6. The monoisotopic (exact) mass is 413 g/mol. The average molecular weight is 413 g/mol. The first-order valence-electron chi connectivity index (χ1n) is 10.4. The Kier molecular flexibility index (Phi) is 5.98. The van der Waals surface area contributed by atoms with E-state index in [-0.39, 0.29) is 18.2 Å². The molecule has 3 N–H and O–H groups in total. The molecule has 3 heterocycles. The Morgan fingerprint density at radius 1 is 1.37 bits per heavy atom. The number of nitrogens with zero attached hydrogens (tertiary/aromatic N) is 4.